The molecule has 3 aromatic rings. The summed E-state index contributed by atoms with van der Waals surface area (Å²) in [5.74, 6) is -4.23. The molecule has 18 heteroatoms. The lowest BCUT2D eigenvalue weighted by molar-refractivity contribution is -0.141. The number of carbonyl (C=O) groups excluding carboxylic acids is 8. The van der Waals surface area contributed by atoms with Crippen molar-refractivity contribution >= 4 is 58.7 Å². The highest BCUT2D eigenvalue weighted by Gasteiger charge is 2.29. The Kier molecular flexibility index (Phi) is 19.1. The van der Waals surface area contributed by atoms with E-state index in [0.717, 1.165) is 18.2 Å². The Morgan fingerprint density at radius 3 is 1.58 bits per heavy atom. The first-order valence-corrected chi connectivity index (χ1v) is 18.7. The molecule has 0 fully saturated rings. The van der Waals surface area contributed by atoms with E-state index in [9.17, 15) is 38.4 Å². The maximum atomic E-state index is 13.7. The van der Waals surface area contributed by atoms with Gasteiger partial charge in [-0.05, 0) is 30.5 Å². The summed E-state index contributed by atoms with van der Waals surface area (Å²) in [5.41, 5.74) is 2.13. The largest absolute Gasteiger partial charge is 0.468 e. The third-order valence-electron chi connectivity index (χ3n) is 7.86. The SMILES string of the molecule is COC(=O)CNC(=O)[C@H](CSC(=O)[C@H](C)NC(=O)OCc1ccccc1)NC(=O)[C@H](Cc1ccccc1)NC(=O)CNC(=O)[C@H](C)NC(=O)OCc1ccccc1. The van der Waals surface area contributed by atoms with Gasteiger partial charge >= 0.3 is 18.2 Å². The predicted octanol–water partition coefficient (Wildman–Crippen LogP) is 1.49. The first kappa shape index (κ1) is 45.0. The van der Waals surface area contributed by atoms with Crippen molar-refractivity contribution in [1.82, 2.24) is 31.9 Å². The molecule has 0 radical (unpaired) electrons. The molecular formula is C39H46N6O11S. The van der Waals surface area contributed by atoms with Gasteiger partial charge in [0.1, 0.15) is 37.9 Å². The molecule has 0 aliphatic carbocycles. The molecular weight excluding hydrogens is 761 g/mol. The molecule has 0 bridgehead atoms. The standard InChI is InChI=1S/C39H46N6O11S/c1-25(42-38(52)55-22-28-15-9-5-10-16-28)34(48)40-20-32(46)44-30(19-27-13-7-4-8-14-27)36(50)45-31(35(49)41-21-33(47)54-3)24-57-37(51)26(2)43-39(53)56-23-29-17-11-6-12-18-29/h4-18,25-26,30-31H,19-24H2,1-3H3,(H,40,48)(H,41,49)(H,42,52)(H,43,53)(H,44,46)(H,45,50)/t25-,26-,30-,31-/m0/s1. The molecule has 4 atom stereocenters. The van der Waals surface area contributed by atoms with E-state index in [4.69, 9.17) is 9.47 Å². The Hall–Kier alpha value is -6.43. The second-order valence-electron chi connectivity index (χ2n) is 12.4. The predicted molar refractivity (Wildman–Crippen MR) is 208 cm³/mol. The van der Waals surface area contributed by atoms with Gasteiger partial charge in [0.05, 0.1) is 19.7 Å². The highest BCUT2D eigenvalue weighted by molar-refractivity contribution is 8.13. The van der Waals surface area contributed by atoms with Crippen LogP contribution in [0.3, 0.4) is 0 Å². The maximum absolute atomic E-state index is 13.7. The Morgan fingerprint density at radius 1 is 0.561 bits per heavy atom. The normalized spacial score (nSPS) is 12.5. The highest BCUT2D eigenvalue weighted by Crippen LogP contribution is 2.11. The van der Waals surface area contributed by atoms with E-state index in [1.165, 1.54) is 13.8 Å². The summed E-state index contributed by atoms with van der Waals surface area (Å²) in [7, 11) is 1.12. The molecule has 3 aromatic carbocycles. The van der Waals surface area contributed by atoms with E-state index < -0.39 is 84.2 Å². The number of nitrogens with one attached hydrogen (secondary N) is 6. The van der Waals surface area contributed by atoms with E-state index in [1.54, 1.807) is 78.9 Å². The van der Waals surface area contributed by atoms with Gasteiger partial charge < -0.3 is 46.1 Å². The Bertz CT molecular complexity index is 1820. The molecule has 304 valence electrons. The summed E-state index contributed by atoms with van der Waals surface area (Å²) in [6.07, 6.45) is -1.72. The lowest BCUT2D eigenvalue weighted by atomic mass is 10.0. The van der Waals surface area contributed by atoms with Gasteiger partial charge in [0.2, 0.25) is 28.7 Å². The first-order chi connectivity index (χ1) is 27.3. The molecule has 57 heavy (non-hydrogen) atoms. The number of thioether (sulfide) groups is 1. The first-order valence-electron chi connectivity index (χ1n) is 17.7. The summed E-state index contributed by atoms with van der Waals surface area (Å²) in [6, 6.07) is 21.6. The zero-order valence-electron chi connectivity index (χ0n) is 31.6. The molecule has 0 aliphatic rings. The van der Waals surface area contributed by atoms with E-state index in [-0.39, 0.29) is 25.4 Å². The van der Waals surface area contributed by atoms with Gasteiger partial charge in [0.25, 0.3) is 0 Å². The zero-order chi connectivity index (χ0) is 41.6. The number of amides is 6. The Balaban J connectivity index is 1.61. The van der Waals surface area contributed by atoms with Gasteiger partial charge in [-0.15, -0.1) is 0 Å². The monoisotopic (exact) mass is 806 g/mol. The number of benzene rings is 3. The molecule has 0 spiro atoms. The van der Waals surface area contributed by atoms with Crippen LogP contribution in [-0.2, 0) is 62.6 Å². The van der Waals surface area contributed by atoms with Crippen molar-refractivity contribution in [2.24, 2.45) is 0 Å². The molecule has 17 nitrogen and oxygen atoms in total. The maximum Gasteiger partial charge on any atom is 0.408 e. The molecule has 0 aliphatic heterocycles. The number of carbonyl (C=O) groups is 8. The molecule has 6 amide bonds. The van der Waals surface area contributed by atoms with Crippen LogP contribution in [0.4, 0.5) is 9.59 Å². The zero-order valence-corrected chi connectivity index (χ0v) is 32.4. The minimum atomic E-state index is -1.41. The summed E-state index contributed by atoms with van der Waals surface area (Å²) >= 11 is 0.634. The van der Waals surface area contributed by atoms with Crippen LogP contribution in [0.25, 0.3) is 0 Å². The fourth-order valence-corrected chi connectivity index (χ4v) is 5.61. The number of ether oxygens (including phenoxy) is 3. The third kappa shape index (κ3) is 17.3. The smallest absolute Gasteiger partial charge is 0.408 e. The van der Waals surface area contributed by atoms with Crippen LogP contribution in [0.5, 0.6) is 0 Å². The van der Waals surface area contributed by atoms with Gasteiger partial charge in [-0.25, -0.2) is 9.59 Å². The highest BCUT2D eigenvalue weighted by atomic mass is 32.2. The molecule has 0 unspecified atom stereocenters. The minimum Gasteiger partial charge on any atom is -0.468 e. The quantitative estimate of drug-likeness (QED) is 0.0704. The number of rotatable bonds is 20. The average Bonchev–Trinajstić information content (AvgIpc) is 3.22. The van der Waals surface area contributed by atoms with Crippen molar-refractivity contribution in [1.29, 1.82) is 0 Å². The van der Waals surface area contributed by atoms with Crippen molar-refractivity contribution in [3.63, 3.8) is 0 Å². The van der Waals surface area contributed by atoms with Crippen LogP contribution in [-0.4, -0.2) is 97.0 Å². The molecule has 3 rings (SSSR count). The summed E-state index contributed by atoms with van der Waals surface area (Å²) in [5, 5.41) is 14.1. The molecule has 0 saturated carbocycles. The average molecular weight is 807 g/mol. The third-order valence-corrected chi connectivity index (χ3v) is 9.00. The lowest BCUT2D eigenvalue weighted by Crippen LogP contribution is -2.57. The Labute approximate surface area is 333 Å². The van der Waals surface area contributed by atoms with Crippen molar-refractivity contribution < 1.29 is 52.6 Å². The molecule has 0 aromatic heterocycles. The van der Waals surface area contributed by atoms with E-state index in [0.29, 0.717) is 17.3 Å². The van der Waals surface area contributed by atoms with Crippen molar-refractivity contribution in [3.05, 3.63) is 108 Å². The van der Waals surface area contributed by atoms with E-state index in [1.807, 2.05) is 12.1 Å². The summed E-state index contributed by atoms with van der Waals surface area (Å²) < 4.78 is 14.9. The minimum absolute atomic E-state index is 0.0145. The van der Waals surface area contributed by atoms with Gasteiger partial charge in [0.15, 0.2) is 0 Å². The molecule has 0 saturated heterocycles. The molecule has 6 N–H and O–H groups in total. The number of hydrogen-bond acceptors (Lipinski definition) is 12. The Morgan fingerprint density at radius 2 is 1.05 bits per heavy atom. The van der Waals surface area contributed by atoms with Crippen LogP contribution >= 0.6 is 11.8 Å². The van der Waals surface area contributed by atoms with Crippen molar-refractivity contribution in [3.8, 4) is 0 Å². The number of methoxy groups -OCH3 is 1. The van der Waals surface area contributed by atoms with Gasteiger partial charge in [0, 0.05) is 12.2 Å². The van der Waals surface area contributed by atoms with Crippen LogP contribution in [0.15, 0.2) is 91.0 Å². The fraction of sp³-hybridized carbons (Fsp3) is 0.333. The topological polar surface area (TPSA) is 236 Å². The second-order valence-corrected chi connectivity index (χ2v) is 13.4. The van der Waals surface area contributed by atoms with E-state index in [2.05, 4.69) is 36.6 Å². The van der Waals surface area contributed by atoms with Gasteiger partial charge in [-0.3, -0.25) is 28.8 Å². The second kappa shape index (κ2) is 24.2. The lowest BCUT2D eigenvalue weighted by Gasteiger charge is -2.23. The number of hydrogen-bond donors (Lipinski definition) is 6. The van der Waals surface area contributed by atoms with Crippen LogP contribution < -0.4 is 31.9 Å². The number of esters is 1. The fourth-order valence-electron chi connectivity index (χ4n) is 4.73. The van der Waals surface area contributed by atoms with E-state index >= 15 is 0 Å². The van der Waals surface area contributed by atoms with Crippen LogP contribution in [0.2, 0.25) is 0 Å². The van der Waals surface area contributed by atoms with Crippen molar-refractivity contribution in [2.45, 2.75) is 57.6 Å². The van der Waals surface area contributed by atoms with Crippen molar-refractivity contribution in [2.75, 3.05) is 26.0 Å². The summed E-state index contributed by atoms with van der Waals surface area (Å²) in [6.45, 7) is 1.67. The van der Waals surface area contributed by atoms with Crippen LogP contribution in [0, 0.1) is 0 Å². The van der Waals surface area contributed by atoms with Gasteiger partial charge in [-0.2, -0.15) is 0 Å². The summed E-state index contributed by atoms with van der Waals surface area (Å²) in [4.78, 5) is 102. The van der Waals surface area contributed by atoms with Crippen LogP contribution in [0.1, 0.15) is 30.5 Å². The van der Waals surface area contributed by atoms with Gasteiger partial charge in [-0.1, -0.05) is 103 Å². The number of alkyl carbamates (subject to hydrolysis) is 2. The molecule has 0 heterocycles.